The molecule has 1 aromatic heterocycles. The predicted molar refractivity (Wildman–Crippen MR) is 63.6 cm³/mol. The maximum atomic E-state index is 13.3. The van der Waals surface area contributed by atoms with Crippen LogP contribution in [-0.2, 0) is 13.6 Å². The summed E-state index contributed by atoms with van der Waals surface area (Å²) >= 11 is 0. The third-order valence-electron chi connectivity index (χ3n) is 2.53. The first-order chi connectivity index (χ1) is 8.59. The van der Waals surface area contributed by atoms with Crippen LogP contribution >= 0.6 is 0 Å². The van der Waals surface area contributed by atoms with Crippen molar-refractivity contribution in [2.45, 2.75) is 6.54 Å². The molecule has 2 aromatic rings. The van der Waals surface area contributed by atoms with E-state index >= 15 is 0 Å². The minimum atomic E-state index is -0.857. The van der Waals surface area contributed by atoms with Crippen LogP contribution in [0.25, 0.3) is 0 Å². The lowest BCUT2D eigenvalue weighted by Gasteiger charge is -2.07. The minimum absolute atomic E-state index is 0.142. The SMILES string of the molecule is Cn1ccnc1CNc1cccc(F)c1[N+](=O)[O-]. The van der Waals surface area contributed by atoms with E-state index in [1.165, 1.54) is 12.1 Å². The molecule has 1 N–H and O–H groups in total. The molecule has 0 aliphatic heterocycles. The van der Waals surface area contributed by atoms with Gasteiger partial charge in [-0.1, -0.05) is 6.07 Å². The van der Waals surface area contributed by atoms with Crippen molar-refractivity contribution in [3.63, 3.8) is 0 Å². The number of aromatic nitrogens is 2. The Bertz CT molecular complexity index is 582. The molecule has 0 radical (unpaired) electrons. The van der Waals surface area contributed by atoms with Crippen molar-refractivity contribution in [2.75, 3.05) is 5.32 Å². The molecule has 94 valence electrons. The quantitative estimate of drug-likeness (QED) is 0.666. The highest BCUT2D eigenvalue weighted by Crippen LogP contribution is 2.27. The Labute approximate surface area is 102 Å². The average molecular weight is 250 g/mol. The van der Waals surface area contributed by atoms with Gasteiger partial charge >= 0.3 is 5.69 Å². The topological polar surface area (TPSA) is 73.0 Å². The lowest BCUT2D eigenvalue weighted by Crippen LogP contribution is -2.07. The van der Waals surface area contributed by atoms with E-state index in [9.17, 15) is 14.5 Å². The Balaban J connectivity index is 2.22. The highest BCUT2D eigenvalue weighted by atomic mass is 19.1. The van der Waals surface area contributed by atoms with Gasteiger partial charge in [-0.15, -0.1) is 0 Å². The van der Waals surface area contributed by atoms with Gasteiger partial charge in [-0.3, -0.25) is 10.1 Å². The number of hydrogen-bond donors (Lipinski definition) is 1. The van der Waals surface area contributed by atoms with Gasteiger partial charge in [0.15, 0.2) is 0 Å². The van der Waals surface area contributed by atoms with Gasteiger partial charge < -0.3 is 9.88 Å². The molecule has 0 spiro atoms. The molecule has 0 atom stereocenters. The van der Waals surface area contributed by atoms with Gasteiger partial charge in [0.1, 0.15) is 11.5 Å². The number of aryl methyl sites for hydroxylation is 1. The molecule has 0 saturated heterocycles. The Hall–Kier alpha value is -2.44. The molecule has 0 aliphatic rings. The van der Waals surface area contributed by atoms with E-state index in [-0.39, 0.29) is 12.2 Å². The van der Waals surface area contributed by atoms with Crippen molar-refractivity contribution >= 4 is 11.4 Å². The first-order valence-corrected chi connectivity index (χ1v) is 5.22. The van der Waals surface area contributed by atoms with E-state index in [4.69, 9.17) is 0 Å². The van der Waals surface area contributed by atoms with Crippen LogP contribution in [0.5, 0.6) is 0 Å². The van der Waals surface area contributed by atoms with E-state index in [1.54, 1.807) is 17.0 Å². The van der Waals surface area contributed by atoms with Crippen molar-refractivity contribution in [3.05, 3.63) is 52.3 Å². The zero-order valence-corrected chi connectivity index (χ0v) is 9.63. The third kappa shape index (κ3) is 2.29. The fourth-order valence-corrected chi connectivity index (χ4v) is 1.58. The molecule has 1 heterocycles. The summed E-state index contributed by atoms with van der Waals surface area (Å²) in [5, 5.41) is 13.6. The van der Waals surface area contributed by atoms with E-state index in [1.807, 2.05) is 7.05 Å². The number of hydrogen-bond acceptors (Lipinski definition) is 4. The van der Waals surface area contributed by atoms with Crippen molar-refractivity contribution in [1.82, 2.24) is 9.55 Å². The first-order valence-electron chi connectivity index (χ1n) is 5.22. The summed E-state index contributed by atoms with van der Waals surface area (Å²) in [6.07, 6.45) is 3.38. The second-order valence-electron chi connectivity index (χ2n) is 3.70. The van der Waals surface area contributed by atoms with Crippen LogP contribution in [0.4, 0.5) is 15.8 Å². The Kier molecular flexibility index (Phi) is 3.22. The summed E-state index contributed by atoms with van der Waals surface area (Å²) in [6, 6.07) is 3.94. The second-order valence-corrected chi connectivity index (χ2v) is 3.70. The smallest absolute Gasteiger partial charge is 0.327 e. The zero-order valence-electron chi connectivity index (χ0n) is 9.63. The average Bonchev–Trinajstić information content (AvgIpc) is 2.71. The Morgan fingerprint density at radius 3 is 2.94 bits per heavy atom. The summed E-state index contributed by atoms with van der Waals surface area (Å²) in [7, 11) is 1.81. The monoisotopic (exact) mass is 250 g/mol. The predicted octanol–water partition coefficient (Wildman–Crippen LogP) is 2.08. The van der Waals surface area contributed by atoms with Crippen molar-refractivity contribution in [3.8, 4) is 0 Å². The molecular weight excluding hydrogens is 239 g/mol. The van der Waals surface area contributed by atoms with Crippen LogP contribution in [0.2, 0.25) is 0 Å². The van der Waals surface area contributed by atoms with Crippen molar-refractivity contribution in [1.29, 1.82) is 0 Å². The molecule has 6 nitrogen and oxygen atoms in total. The molecular formula is C11H11FN4O2. The fraction of sp³-hybridized carbons (Fsp3) is 0.182. The number of anilines is 1. The molecule has 1 aromatic carbocycles. The standard InChI is InChI=1S/C11H11FN4O2/c1-15-6-5-13-10(15)7-14-9-4-2-3-8(12)11(9)16(17)18/h2-6,14H,7H2,1H3. The normalized spacial score (nSPS) is 10.3. The maximum Gasteiger partial charge on any atom is 0.327 e. The number of para-hydroxylation sites is 1. The van der Waals surface area contributed by atoms with E-state index in [0.29, 0.717) is 5.82 Å². The van der Waals surface area contributed by atoms with Crippen LogP contribution in [0.1, 0.15) is 5.82 Å². The number of imidazole rings is 1. The number of nitro groups is 1. The van der Waals surface area contributed by atoms with Crippen molar-refractivity contribution in [2.24, 2.45) is 7.05 Å². The molecule has 7 heteroatoms. The maximum absolute atomic E-state index is 13.3. The number of halogens is 1. The molecule has 0 aliphatic carbocycles. The van der Waals surface area contributed by atoms with Crippen molar-refractivity contribution < 1.29 is 9.31 Å². The van der Waals surface area contributed by atoms with Gasteiger partial charge in [-0.2, -0.15) is 4.39 Å². The highest BCUT2D eigenvalue weighted by molar-refractivity contribution is 5.61. The number of rotatable bonds is 4. The minimum Gasteiger partial charge on any atom is -0.372 e. The zero-order chi connectivity index (χ0) is 13.1. The summed E-state index contributed by atoms with van der Waals surface area (Å²) in [5.74, 6) is -0.154. The van der Waals surface area contributed by atoms with Gasteiger partial charge in [-0.05, 0) is 12.1 Å². The van der Waals surface area contributed by atoms with E-state index in [2.05, 4.69) is 10.3 Å². The summed E-state index contributed by atoms with van der Waals surface area (Å²) < 4.78 is 15.1. The van der Waals surface area contributed by atoms with E-state index < -0.39 is 16.4 Å². The fourth-order valence-electron chi connectivity index (χ4n) is 1.58. The Morgan fingerprint density at radius 1 is 1.56 bits per heavy atom. The Morgan fingerprint density at radius 2 is 2.33 bits per heavy atom. The number of nitrogens with zero attached hydrogens (tertiary/aromatic N) is 3. The number of nitrogens with one attached hydrogen (secondary N) is 1. The van der Waals surface area contributed by atoms with Crippen LogP contribution < -0.4 is 5.32 Å². The van der Waals surface area contributed by atoms with Crippen LogP contribution in [0.15, 0.2) is 30.6 Å². The summed E-state index contributed by atoms with van der Waals surface area (Å²) in [6.45, 7) is 0.286. The van der Waals surface area contributed by atoms with Crippen LogP contribution in [0.3, 0.4) is 0 Å². The highest BCUT2D eigenvalue weighted by Gasteiger charge is 2.19. The summed E-state index contributed by atoms with van der Waals surface area (Å²) in [4.78, 5) is 14.1. The van der Waals surface area contributed by atoms with Gasteiger partial charge in [0, 0.05) is 19.4 Å². The molecule has 0 unspecified atom stereocenters. The largest absolute Gasteiger partial charge is 0.372 e. The molecule has 0 amide bonds. The first kappa shape index (κ1) is 12.0. The van der Waals surface area contributed by atoms with Gasteiger partial charge in [-0.25, -0.2) is 4.98 Å². The van der Waals surface area contributed by atoms with Crippen LogP contribution in [-0.4, -0.2) is 14.5 Å². The van der Waals surface area contributed by atoms with Crippen LogP contribution in [0, 0.1) is 15.9 Å². The lowest BCUT2D eigenvalue weighted by atomic mass is 10.2. The molecule has 0 saturated carbocycles. The molecule has 18 heavy (non-hydrogen) atoms. The number of nitro benzene ring substituents is 1. The van der Waals surface area contributed by atoms with E-state index in [0.717, 1.165) is 6.07 Å². The van der Waals surface area contributed by atoms with Gasteiger partial charge in [0.25, 0.3) is 0 Å². The summed E-state index contributed by atoms with van der Waals surface area (Å²) in [5.41, 5.74) is -0.408. The van der Waals surface area contributed by atoms with Gasteiger partial charge in [0.2, 0.25) is 5.82 Å². The second kappa shape index (κ2) is 4.82. The number of benzene rings is 1. The molecule has 0 fully saturated rings. The molecule has 0 bridgehead atoms. The third-order valence-corrected chi connectivity index (χ3v) is 2.53. The molecule has 2 rings (SSSR count). The lowest BCUT2D eigenvalue weighted by molar-refractivity contribution is -0.386. The van der Waals surface area contributed by atoms with Gasteiger partial charge in [0.05, 0.1) is 11.5 Å².